The summed E-state index contributed by atoms with van der Waals surface area (Å²) in [6, 6.07) is 4.61. The Balaban J connectivity index is 0.00000272. The zero-order valence-electron chi connectivity index (χ0n) is 18.6. The SMILES string of the molecule is CN=C(NCC(c1ccc(C)o1)N1CCCC1)NC1CCc2nc(COC)nn2C1.I. The van der Waals surface area contributed by atoms with Crippen LogP contribution in [0.2, 0.25) is 0 Å². The maximum Gasteiger partial charge on any atom is 0.191 e. The fourth-order valence-electron chi connectivity index (χ4n) is 4.35. The summed E-state index contributed by atoms with van der Waals surface area (Å²) < 4.78 is 13.1. The highest BCUT2D eigenvalue weighted by Gasteiger charge is 2.27. The Morgan fingerprint density at radius 1 is 1.35 bits per heavy atom. The van der Waals surface area contributed by atoms with E-state index in [9.17, 15) is 0 Å². The van der Waals surface area contributed by atoms with E-state index in [1.165, 1.54) is 12.8 Å². The third kappa shape index (κ3) is 5.98. The highest BCUT2D eigenvalue weighted by Crippen LogP contribution is 2.26. The number of fused-ring (bicyclic) bond motifs is 1. The number of ether oxygens (including phenoxy) is 1. The van der Waals surface area contributed by atoms with Crippen LogP contribution in [-0.4, -0.2) is 65.5 Å². The van der Waals surface area contributed by atoms with Crippen molar-refractivity contribution in [2.75, 3.05) is 33.8 Å². The van der Waals surface area contributed by atoms with E-state index in [-0.39, 0.29) is 36.1 Å². The van der Waals surface area contributed by atoms with Gasteiger partial charge in [0, 0.05) is 33.2 Å². The van der Waals surface area contributed by atoms with Crippen molar-refractivity contribution in [3.05, 3.63) is 35.3 Å². The topological polar surface area (TPSA) is 92.7 Å². The zero-order chi connectivity index (χ0) is 20.9. The van der Waals surface area contributed by atoms with Gasteiger partial charge < -0.3 is 19.8 Å². The molecule has 2 unspecified atom stereocenters. The Bertz CT molecular complexity index is 860. The Hall–Kier alpha value is -1.66. The number of guanidine groups is 1. The molecule has 2 atom stereocenters. The van der Waals surface area contributed by atoms with Gasteiger partial charge in [-0.1, -0.05) is 0 Å². The van der Waals surface area contributed by atoms with Crippen LogP contribution in [0, 0.1) is 6.92 Å². The molecular formula is C21H34IN7O2. The standard InChI is InChI=1S/C21H33N7O2.HI/c1-15-6-8-18(30-15)17(27-10-4-5-11-27)12-23-21(22-2)24-16-7-9-20-25-19(14-29-3)26-28(20)13-16;/h6,8,16-17H,4-5,7,9-14H2,1-3H3,(H2,22,23,24);1H. The Morgan fingerprint density at radius 3 is 2.84 bits per heavy atom. The fraction of sp³-hybridized carbons (Fsp3) is 0.667. The van der Waals surface area contributed by atoms with Crippen molar-refractivity contribution in [3.8, 4) is 0 Å². The molecule has 9 nitrogen and oxygen atoms in total. The van der Waals surface area contributed by atoms with Gasteiger partial charge in [0.05, 0.1) is 12.6 Å². The van der Waals surface area contributed by atoms with Crippen LogP contribution in [0.15, 0.2) is 21.5 Å². The van der Waals surface area contributed by atoms with E-state index in [2.05, 4.69) is 36.7 Å². The van der Waals surface area contributed by atoms with Gasteiger partial charge in [0.2, 0.25) is 0 Å². The van der Waals surface area contributed by atoms with E-state index in [4.69, 9.17) is 9.15 Å². The molecule has 4 rings (SSSR count). The maximum absolute atomic E-state index is 5.96. The third-order valence-corrected chi connectivity index (χ3v) is 5.87. The number of aliphatic imine (C=N–C) groups is 1. The number of aromatic nitrogens is 3. The first-order valence-electron chi connectivity index (χ1n) is 10.9. The van der Waals surface area contributed by atoms with Crippen molar-refractivity contribution in [1.29, 1.82) is 0 Å². The van der Waals surface area contributed by atoms with Gasteiger partial charge in [0.15, 0.2) is 11.8 Å². The van der Waals surface area contributed by atoms with Crippen LogP contribution in [0.1, 0.15) is 48.5 Å². The number of aryl methyl sites for hydroxylation is 2. The number of nitrogens with one attached hydrogen (secondary N) is 2. The molecule has 4 heterocycles. The second-order valence-electron chi connectivity index (χ2n) is 8.10. The summed E-state index contributed by atoms with van der Waals surface area (Å²) in [5.41, 5.74) is 0. The average molecular weight is 543 g/mol. The average Bonchev–Trinajstić information content (AvgIpc) is 3.48. The molecule has 1 saturated heterocycles. The quantitative estimate of drug-likeness (QED) is 0.315. The van der Waals surface area contributed by atoms with E-state index in [1.54, 1.807) is 7.11 Å². The number of methoxy groups -OCH3 is 1. The van der Waals surface area contributed by atoms with Gasteiger partial charge in [0.25, 0.3) is 0 Å². The Morgan fingerprint density at radius 2 is 2.16 bits per heavy atom. The van der Waals surface area contributed by atoms with Crippen molar-refractivity contribution < 1.29 is 9.15 Å². The molecule has 2 aliphatic rings. The molecule has 2 aromatic rings. The van der Waals surface area contributed by atoms with Crippen LogP contribution in [0.3, 0.4) is 0 Å². The minimum atomic E-state index is 0. The molecule has 0 bridgehead atoms. The normalized spacial score (nSPS) is 20.2. The summed E-state index contributed by atoms with van der Waals surface area (Å²) >= 11 is 0. The zero-order valence-corrected chi connectivity index (χ0v) is 21.0. The molecular weight excluding hydrogens is 509 g/mol. The predicted octanol–water partition coefficient (Wildman–Crippen LogP) is 2.26. The van der Waals surface area contributed by atoms with Crippen LogP contribution in [0.4, 0.5) is 0 Å². The number of hydrogen-bond acceptors (Lipinski definition) is 6. The van der Waals surface area contributed by atoms with Crippen LogP contribution < -0.4 is 10.6 Å². The van der Waals surface area contributed by atoms with Gasteiger partial charge in [-0.25, -0.2) is 9.67 Å². The maximum atomic E-state index is 5.96. The second-order valence-corrected chi connectivity index (χ2v) is 8.10. The van der Waals surface area contributed by atoms with Crippen LogP contribution in [0.25, 0.3) is 0 Å². The molecule has 0 spiro atoms. The molecule has 2 N–H and O–H groups in total. The van der Waals surface area contributed by atoms with Crippen molar-refractivity contribution in [3.63, 3.8) is 0 Å². The van der Waals surface area contributed by atoms with E-state index >= 15 is 0 Å². The number of nitrogens with zero attached hydrogens (tertiary/aromatic N) is 5. The van der Waals surface area contributed by atoms with Crippen LogP contribution in [-0.2, 0) is 24.3 Å². The Labute approximate surface area is 201 Å². The van der Waals surface area contributed by atoms with Gasteiger partial charge >= 0.3 is 0 Å². The number of hydrogen-bond donors (Lipinski definition) is 2. The second kappa shape index (κ2) is 11.3. The van der Waals surface area contributed by atoms with Crippen molar-refractivity contribution in [2.45, 2.75) is 57.8 Å². The summed E-state index contributed by atoms with van der Waals surface area (Å²) in [4.78, 5) is 11.5. The van der Waals surface area contributed by atoms with E-state index < -0.39 is 0 Å². The highest BCUT2D eigenvalue weighted by atomic mass is 127. The van der Waals surface area contributed by atoms with E-state index in [0.29, 0.717) is 6.61 Å². The number of halogens is 1. The largest absolute Gasteiger partial charge is 0.465 e. The Kier molecular flexibility index (Phi) is 8.73. The minimum Gasteiger partial charge on any atom is -0.465 e. The summed E-state index contributed by atoms with van der Waals surface area (Å²) in [6.45, 7) is 6.20. The monoisotopic (exact) mass is 543 g/mol. The molecule has 0 amide bonds. The van der Waals surface area contributed by atoms with Crippen molar-refractivity contribution in [2.24, 2.45) is 4.99 Å². The molecule has 172 valence electrons. The fourth-order valence-corrected chi connectivity index (χ4v) is 4.35. The lowest BCUT2D eigenvalue weighted by molar-refractivity contribution is 0.177. The third-order valence-electron chi connectivity index (χ3n) is 5.87. The summed E-state index contributed by atoms with van der Waals surface area (Å²) in [6.07, 6.45) is 4.39. The lowest BCUT2D eigenvalue weighted by Gasteiger charge is -2.29. The van der Waals surface area contributed by atoms with E-state index in [1.807, 2.05) is 24.7 Å². The number of likely N-dealkylation sites (tertiary alicyclic amines) is 1. The molecule has 0 saturated carbocycles. The van der Waals surface area contributed by atoms with Gasteiger partial charge in [-0.15, -0.1) is 24.0 Å². The molecule has 10 heteroatoms. The lowest BCUT2D eigenvalue weighted by atomic mass is 10.1. The molecule has 2 aliphatic heterocycles. The first-order valence-corrected chi connectivity index (χ1v) is 10.9. The smallest absolute Gasteiger partial charge is 0.191 e. The van der Waals surface area contributed by atoms with Gasteiger partial charge in [0.1, 0.15) is 24.0 Å². The molecule has 2 aromatic heterocycles. The summed E-state index contributed by atoms with van der Waals surface area (Å²) in [5.74, 6) is 4.57. The minimum absolute atomic E-state index is 0. The number of rotatable bonds is 7. The van der Waals surface area contributed by atoms with Gasteiger partial charge in [-0.3, -0.25) is 9.89 Å². The van der Waals surface area contributed by atoms with E-state index in [0.717, 1.165) is 68.1 Å². The summed E-state index contributed by atoms with van der Waals surface area (Å²) in [5, 5.41) is 11.6. The highest BCUT2D eigenvalue weighted by molar-refractivity contribution is 14.0. The van der Waals surface area contributed by atoms with Crippen molar-refractivity contribution in [1.82, 2.24) is 30.3 Å². The summed E-state index contributed by atoms with van der Waals surface area (Å²) in [7, 11) is 3.48. The molecule has 0 aliphatic carbocycles. The first-order chi connectivity index (χ1) is 14.7. The van der Waals surface area contributed by atoms with Crippen molar-refractivity contribution >= 4 is 29.9 Å². The van der Waals surface area contributed by atoms with Crippen LogP contribution >= 0.6 is 24.0 Å². The van der Waals surface area contributed by atoms with Crippen LogP contribution in [0.5, 0.6) is 0 Å². The first kappa shape index (κ1) is 24.0. The van der Waals surface area contributed by atoms with Gasteiger partial charge in [-0.05, 0) is 51.4 Å². The lowest BCUT2D eigenvalue weighted by Crippen LogP contribution is -2.49. The molecule has 31 heavy (non-hydrogen) atoms. The molecule has 1 fully saturated rings. The van der Waals surface area contributed by atoms with Gasteiger partial charge in [-0.2, -0.15) is 5.10 Å². The molecule has 0 radical (unpaired) electrons. The predicted molar refractivity (Wildman–Crippen MR) is 130 cm³/mol. The molecule has 0 aromatic carbocycles. The number of furan rings is 1.